The van der Waals surface area contributed by atoms with E-state index in [2.05, 4.69) is 4.84 Å². The van der Waals surface area contributed by atoms with Gasteiger partial charge in [0.2, 0.25) is 0 Å². The fourth-order valence-electron chi connectivity index (χ4n) is 1.80. The van der Waals surface area contributed by atoms with Crippen LogP contribution in [0.3, 0.4) is 0 Å². The molecule has 0 aliphatic rings. The van der Waals surface area contributed by atoms with Gasteiger partial charge in [0.1, 0.15) is 22.6 Å². The number of benzene rings is 1. The molecule has 0 aliphatic carbocycles. The maximum Gasteiger partial charge on any atom is 0.141 e. The Labute approximate surface area is 158 Å². The van der Waals surface area contributed by atoms with Gasteiger partial charge in [-0.2, -0.15) is 0 Å². The summed E-state index contributed by atoms with van der Waals surface area (Å²) < 4.78 is 11.4. The lowest BCUT2D eigenvalue weighted by molar-refractivity contribution is 0.132. The second-order valence-electron chi connectivity index (χ2n) is 4.64. The van der Waals surface area contributed by atoms with Crippen LogP contribution in [0.4, 0.5) is 0 Å². The average molecular weight is 405 g/mol. The Morgan fingerprint density at radius 2 is 1.83 bits per heavy atom. The molecule has 4 nitrogen and oxygen atoms in total. The van der Waals surface area contributed by atoms with E-state index in [9.17, 15) is 0 Å². The Morgan fingerprint density at radius 1 is 1.13 bits per heavy atom. The summed E-state index contributed by atoms with van der Waals surface area (Å²) in [6.07, 6.45) is 4.37. The number of aryl methyl sites for hydroxylation is 1. The molecule has 8 heteroatoms. The van der Waals surface area contributed by atoms with Crippen LogP contribution in [0.25, 0.3) is 0 Å². The summed E-state index contributed by atoms with van der Waals surface area (Å²) in [5, 5.41) is 0.515. The minimum atomic E-state index is 0. The van der Waals surface area contributed by atoms with Crippen molar-refractivity contribution in [3.8, 4) is 11.5 Å². The Balaban J connectivity index is 0.00000484. The largest absolute Gasteiger partial charge is 0.492 e. The molecule has 23 heavy (non-hydrogen) atoms. The van der Waals surface area contributed by atoms with Gasteiger partial charge in [-0.1, -0.05) is 34.8 Å². The normalized spacial score (nSPS) is 9.96. The molecule has 132 valence electrons. The van der Waals surface area contributed by atoms with Crippen LogP contribution in [-0.2, 0) is 4.84 Å². The highest BCUT2D eigenvalue weighted by molar-refractivity contribution is 6.55. The molecule has 2 N–H and O–H groups in total. The highest BCUT2D eigenvalue weighted by atomic mass is 35.5. The fraction of sp³-hybridized carbons (Fsp3) is 0.467. The molecule has 0 atom stereocenters. The Kier molecular flexibility index (Phi) is 12.8. The zero-order valence-electron chi connectivity index (χ0n) is 12.8. The van der Waals surface area contributed by atoms with Gasteiger partial charge in [0, 0.05) is 6.07 Å². The first-order valence-electron chi connectivity index (χ1n) is 6.93. The van der Waals surface area contributed by atoms with Gasteiger partial charge in [-0.3, -0.25) is 0 Å². The van der Waals surface area contributed by atoms with Gasteiger partial charge in [-0.25, -0.2) is 5.90 Å². The summed E-state index contributed by atoms with van der Waals surface area (Å²) in [4.78, 5) is 4.51. The number of unbranched alkanes of at least 4 members (excludes halogenated alkanes) is 2. The molecular formula is C15H21Cl4NO3. The number of hydrogen-bond donors (Lipinski definition) is 1. The second-order valence-corrected chi connectivity index (χ2v) is 6.05. The molecule has 1 rings (SSSR count). The monoisotopic (exact) mass is 403 g/mol. The highest BCUT2D eigenvalue weighted by Gasteiger charge is 2.09. The predicted molar refractivity (Wildman–Crippen MR) is 98.2 cm³/mol. The number of halogens is 4. The standard InChI is InChI=1S/C15H20Cl3NO3.ClH/c1-11-9-12(20-8-5-14(17)18)10-13(16)15(11)21-6-3-2-4-7-22-19;/h5,9-10H,2-4,6-8,19H2,1H3;1H. The molecule has 0 amide bonds. The zero-order chi connectivity index (χ0) is 16.4. The third kappa shape index (κ3) is 9.50. The van der Waals surface area contributed by atoms with Gasteiger partial charge in [0.25, 0.3) is 0 Å². The van der Waals surface area contributed by atoms with Crippen LogP contribution in [0.1, 0.15) is 24.8 Å². The van der Waals surface area contributed by atoms with Crippen molar-refractivity contribution in [3.63, 3.8) is 0 Å². The third-order valence-corrected chi connectivity index (χ3v) is 3.43. The van der Waals surface area contributed by atoms with Crippen LogP contribution in [0.15, 0.2) is 22.7 Å². The lowest BCUT2D eigenvalue weighted by Crippen LogP contribution is -2.03. The first-order chi connectivity index (χ1) is 10.5. The summed E-state index contributed by atoms with van der Waals surface area (Å²) in [6, 6.07) is 3.57. The van der Waals surface area contributed by atoms with Crippen molar-refractivity contribution in [2.24, 2.45) is 5.90 Å². The van der Waals surface area contributed by atoms with E-state index in [1.807, 2.05) is 13.0 Å². The fourth-order valence-corrected chi connectivity index (χ4v) is 2.24. The van der Waals surface area contributed by atoms with Crippen LogP contribution in [0, 0.1) is 6.92 Å². The second kappa shape index (κ2) is 13.0. The van der Waals surface area contributed by atoms with E-state index in [4.69, 9.17) is 50.2 Å². The summed E-state index contributed by atoms with van der Waals surface area (Å²) in [7, 11) is 0. The van der Waals surface area contributed by atoms with E-state index < -0.39 is 0 Å². The van der Waals surface area contributed by atoms with Crippen molar-refractivity contribution in [3.05, 3.63) is 33.3 Å². The van der Waals surface area contributed by atoms with Gasteiger partial charge >= 0.3 is 0 Å². The molecule has 0 fully saturated rings. The Morgan fingerprint density at radius 3 is 2.43 bits per heavy atom. The minimum Gasteiger partial charge on any atom is -0.492 e. The first kappa shape index (κ1) is 22.6. The number of nitrogens with two attached hydrogens (primary N) is 1. The minimum absolute atomic E-state index is 0. The van der Waals surface area contributed by atoms with Gasteiger partial charge in [-0.15, -0.1) is 12.4 Å². The molecule has 1 aromatic rings. The molecule has 0 saturated carbocycles. The van der Waals surface area contributed by atoms with Crippen LogP contribution in [0.2, 0.25) is 5.02 Å². The molecule has 0 spiro atoms. The summed E-state index contributed by atoms with van der Waals surface area (Å²) in [5.41, 5.74) is 0.911. The SMILES string of the molecule is Cc1cc(OCC=C(Cl)Cl)cc(Cl)c1OCCCCCON.Cl. The smallest absolute Gasteiger partial charge is 0.141 e. The quantitative estimate of drug-likeness (QED) is 0.429. The van der Waals surface area contributed by atoms with Crippen molar-refractivity contribution in [2.75, 3.05) is 19.8 Å². The predicted octanol–water partition coefficient (Wildman–Crippen LogP) is 5.21. The van der Waals surface area contributed by atoms with Crippen LogP contribution >= 0.6 is 47.2 Å². The highest BCUT2D eigenvalue weighted by Crippen LogP contribution is 2.33. The lowest BCUT2D eigenvalue weighted by atomic mass is 10.2. The number of hydrogen-bond acceptors (Lipinski definition) is 4. The molecule has 0 aliphatic heterocycles. The number of ether oxygens (including phenoxy) is 2. The maximum absolute atomic E-state index is 6.23. The van der Waals surface area contributed by atoms with Crippen LogP contribution in [0.5, 0.6) is 11.5 Å². The average Bonchev–Trinajstić information content (AvgIpc) is 2.44. The summed E-state index contributed by atoms with van der Waals surface area (Å²) in [5.74, 6) is 6.28. The lowest BCUT2D eigenvalue weighted by Gasteiger charge is -2.13. The molecule has 0 saturated heterocycles. The first-order valence-corrected chi connectivity index (χ1v) is 8.06. The van der Waals surface area contributed by atoms with E-state index in [0.717, 1.165) is 24.8 Å². The molecular weight excluding hydrogens is 384 g/mol. The molecule has 0 heterocycles. The van der Waals surface area contributed by atoms with E-state index >= 15 is 0 Å². The van der Waals surface area contributed by atoms with E-state index in [1.165, 1.54) is 0 Å². The van der Waals surface area contributed by atoms with Crippen molar-refractivity contribution in [1.82, 2.24) is 0 Å². The topological polar surface area (TPSA) is 53.7 Å². The molecule has 0 unspecified atom stereocenters. The summed E-state index contributed by atoms with van der Waals surface area (Å²) in [6.45, 7) is 3.35. The zero-order valence-corrected chi connectivity index (χ0v) is 15.9. The molecule has 0 radical (unpaired) electrons. The number of rotatable bonds is 10. The van der Waals surface area contributed by atoms with Gasteiger partial charge < -0.3 is 14.3 Å². The third-order valence-electron chi connectivity index (χ3n) is 2.84. The van der Waals surface area contributed by atoms with Crippen LogP contribution < -0.4 is 15.4 Å². The van der Waals surface area contributed by atoms with Gasteiger partial charge in [-0.05, 0) is 43.9 Å². The molecule has 1 aromatic carbocycles. The molecule has 0 bridgehead atoms. The van der Waals surface area contributed by atoms with E-state index in [-0.39, 0.29) is 23.5 Å². The summed E-state index contributed by atoms with van der Waals surface area (Å²) >= 11 is 17.3. The van der Waals surface area contributed by atoms with Crippen molar-refractivity contribution >= 4 is 47.2 Å². The van der Waals surface area contributed by atoms with E-state index in [0.29, 0.717) is 29.7 Å². The van der Waals surface area contributed by atoms with E-state index in [1.54, 1.807) is 12.1 Å². The van der Waals surface area contributed by atoms with Gasteiger partial charge in [0.05, 0.1) is 18.2 Å². The van der Waals surface area contributed by atoms with Crippen LogP contribution in [-0.4, -0.2) is 19.8 Å². The Bertz CT molecular complexity index is 471. The Hall–Kier alpha value is -0.360. The van der Waals surface area contributed by atoms with Crippen molar-refractivity contribution < 1.29 is 14.3 Å². The maximum atomic E-state index is 6.23. The van der Waals surface area contributed by atoms with Crippen molar-refractivity contribution in [1.29, 1.82) is 0 Å². The van der Waals surface area contributed by atoms with Crippen molar-refractivity contribution in [2.45, 2.75) is 26.2 Å². The van der Waals surface area contributed by atoms with Gasteiger partial charge in [0.15, 0.2) is 0 Å². The molecule has 0 aromatic heterocycles.